The maximum Gasteiger partial charge on any atom is 0.340 e. The SMILES string of the molecule is CCOC(=O)C(Cc1ccc(OCC(F)(F)C(F)F)cc1)N1CCN(CC(=O)O)CCN([C@@H](COCc2ccccc2)C(=O)OC)CCN(CC(=O)O)CC1.CCOC(=O)C(Cc1ccc(OCC(F)(F)C(F)F)cc1)N1CCN(CC(=O)OC(C)(C)C)CCN([C@@H](COCc2ccccc2)C(=O)OC)CCN(CC(=O)OC(C)(C)C)CC1. The maximum absolute atomic E-state index is 13.8. The van der Waals surface area contributed by atoms with Crippen molar-refractivity contribution in [2.75, 3.05) is 185 Å². The van der Waals surface area contributed by atoms with Crippen molar-refractivity contribution in [2.24, 2.45) is 0 Å². The van der Waals surface area contributed by atoms with Crippen molar-refractivity contribution in [3.8, 4) is 11.5 Å². The van der Waals surface area contributed by atoms with Crippen molar-refractivity contribution in [1.82, 2.24) is 39.2 Å². The fourth-order valence-electron chi connectivity index (χ4n) is 12.6. The molecule has 118 heavy (non-hydrogen) atoms. The molecule has 4 aromatic rings. The van der Waals surface area contributed by atoms with Gasteiger partial charge in [-0.3, -0.25) is 77.6 Å². The summed E-state index contributed by atoms with van der Waals surface area (Å²) in [6.07, 6.45) is -7.62. The lowest BCUT2D eigenvalue weighted by Crippen LogP contribution is -2.55. The molecule has 2 aliphatic rings. The number of nitrogens with zero attached hydrogens (tertiary/aromatic N) is 8. The van der Waals surface area contributed by atoms with Gasteiger partial charge in [0.1, 0.15) is 46.9 Å². The van der Waals surface area contributed by atoms with Crippen LogP contribution in [0.3, 0.4) is 0 Å². The summed E-state index contributed by atoms with van der Waals surface area (Å²) in [6, 6.07) is 26.8. The van der Waals surface area contributed by atoms with Crippen LogP contribution in [0.5, 0.6) is 11.5 Å². The number of benzene rings is 4. The molecule has 36 heteroatoms. The molecule has 2 saturated heterocycles. The number of hydrogen-bond acceptors (Lipinski definition) is 26. The van der Waals surface area contributed by atoms with Crippen molar-refractivity contribution < 1.29 is 131 Å². The molecular formula is C82H116F8N8O20. The van der Waals surface area contributed by atoms with E-state index in [9.17, 15) is 83.7 Å². The van der Waals surface area contributed by atoms with Gasteiger partial charge in [-0.25, -0.2) is 17.6 Å². The Kier molecular flexibility index (Phi) is 42.6. The van der Waals surface area contributed by atoms with Crippen LogP contribution in [0.15, 0.2) is 109 Å². The number of aliphatic carboxylic acids is 2. The second-order valence-electron chi connectivity index (χ2n) is 30.2. The molecule has 4 atom stereocenters. The second kappa shape index (κ2) is 50.4. The third-order valence-corrected chi connectivity index (χ3v) is 18.7. The Balaban J connectivity index is 0.000000424. The monoisotopic (exact) mass is 1680 g/mol. The summed E-state index contributed by atoms with van der Waals surface area (Å²) in [4.78, 5) is 119. The number of hydrogen-bond donors (Lipinski definition) is 2. The topological polar surface area (TPSA) is 295 Å². The maximum atomic E-state index is 13.8. The largest absolute Gasteiger partial charge is 0.487 e. The first kappa shape index (κ1) is 99.8. The molecule has 0 amide bonds. The van der Waals surface area contributed by atoms with E-state index in [1.165, 1.54) is 50.6 Å². The van der Waals surface area contributed by atoms with Crippen LogP contribution in [-0.4, -0.2) is 342 Å². The van der Waals surface area contributed by atoms with Gasteiger partial charge in [-0.2, -0.15) is 17.6 Å². The lowest BCUT2D eigenvalue weighted by molar-refractivity contribution is -0.157. The molecule has 2 N–H and O–H groups in total. The van der Waals surface area contributed by atoms with Crippen molar-refractivity contribution in [3.63, 3.8) is 0 Å². The number of carboxylic acid groups (broad SMARTS) is 2. The van der Waals surface area contributed by atoms with Crippen LogP contribution >= 0.6 is 0 Å². The zero-order valence-electron chi connectivity index (χ0n) is 68.9. The summed E-state index contributed by atoms with van der Waals surface area (Å²) in [5.74, 6) is -14.1. The predicted molar refractivity (Wildman–Crippen MR) is 417 cm³/mol. The van der Waals surface area contributed by atoms with E-state index < -0.39 is 121 Å². The van der Waals surface area contributed by atoms with E-state index in [0.29, 0.717) is 11.1 Å². The van der Waals surface area contributed by atoms with Gasteiger partial charge in [0, 0.05) is 105 Å². The van der Waals surface area contributed by atoms with Crippen LogP contribution in [-0.2, 0) is 102 Å². The first-order valence-electron chi connectivity index (χ1n) is 39.0. The van der Waals surface area contributed by atoms with Crippen LogP contribution in [0.25, 0.3) is 0 Å². The van der Waals surface area contributed by atoms with E-state index >= 15 is 0 Å². The van der Waals surface area contributed by atoms with Gasteiger partial charge in [0.25, 0.3) is 0 Å². The Bertz CT molecular complexity index is 3590. The van der Waals surface area contributed by atoms with Crippen LogP contribution in [0.4, 0.5) is 35.1 Å². The van der Waals surface area contributed by atoms with E-state index in [4.69, 9.17) is 47.4 Å². The summed E-state index contributed by atoms with van der Waals surface area (Å²) in [6.45, 7) is 14.0. The quantitative estimate of drug-likeness (QED) is 0.0247. The molecule has 0 bridgehead atoms. The molecule has 2 unspecified atom stereocenters. The minimum Gasteiger partial charge on any atom is -0.487 e. The van der Waals surface area contributed by atoms with E-state index in [-0.39, 0.29) is 195 Å². The van der Waals surface area contributed by atoms with Crippen molar-refractivity contribution >= 4 is 47.8 Å². The van der Waals surface area contributed by atoms with Gasteiger partial charge in [-0.15, -0.1) is 0 Å². The second-order valence-corrected chi connectivity index (χ2v) is 30.2. The van der Waals surface area contributed by atoms with Crippen LogP contribution in [0.1, 0.15) is 77.6 Å². The van der Waals surface area contributed by atoms with E-state index in [0.717, 1.165) is 11.1 Å². The normalized spacial score (nSPS) is 17.0. The molecule has 0 aliphatic carbocycles. The van der Waals surface area contributed by atoms with Crippen LogP contribution in [0, 0.1) is 0 Å². The third-order valence-electron chi connectivity index (χ3n) is 18.7. The lowest BCUT2D eigenvalue weighted by Gasteiger charge is -2.38. The highest BCUT2D eigenvalue weighted by Crippen LogP contribution is 2.28. The molecule has 660 valence electrons. The number of esters is 6. The Labute approximate surface area is 684 Å². The number of carbonyl (C=O) groups excluding carboxylic acids is 6. The van der Waals surface area contributed by atoms with E-state index in [1.54, 1.807) is 87.1 Å². The highest BCUT2D eigenvalue weighted by molar-refractivity contribution is 5.78. The highest BCUT2D eigenvalue weighted by atomic mass is 19.3. The average molecular weight is 1690 g/mol. The minimum absolute atomic E-state index is 0.00395. The summed E-state index contributed by atoms with van der Waals surface area (Å²) >= 11 is 0. The number of ether oxygens (including phenoxy) is 10. The van der Waals surface area contributed by atoms with Crippen molar-refractivity contribution in [2.45, 2.75) is 142 Å². The van der Waals surface area contributed by atoms with Crippen molar-refractivity contribution in [1.29, 1.82) is 0 Å². The van der Waals surface area contributed by atoms with Gasteiger partial charge in [0.2, 0.25) is 0 Å². The predicted octanol–water partition coefficient (Wildman–Crippen LogP) is 7.69. The van der Waals surface area contributed by atoms with Gasteiger partial charge < -0.3 is 57.6 Å². The zero-order valence-corrected chi connectivity index (χ0v) is 68.9. The summed E-state index contributed by atoms with van der Waals surface area (Å²) in [5.41, 5.74) is 1.46. The fraction of sp³-hybridized carbons (Fsp3) is 0.610. The highest BCUT2D eigenvalue weighted by Gasteiger charge is 2.43. The van der Waals surface area contributed by atoms with E-state index in [2.05, 4.69) is 0 Å². The standard InChI is InChI=1S/C45H66F4N4O10.C37H50F4N4O10/c1-9-60-41(57)36(27-33-15-17-35(18-16-33)61-32-45(48,49)42(46)47)52-23-19-50(28-38(54)62-43(2,3)4)21-25-53(26-22-51(20-24-52)29-39(55)63-44(5,6)7)37(40(56)58-8)31-59-30-34-13-11-10-12-14-34;1-3-54-35(51)30(21-27-9-11-29(12-10-27)55-26-37(40,41)36(38)39)44-17-13-42(22-32(46)47)15-19-45(20-16-43(14-18-44)23-33(48)49)31(34(50)52-2)25-53-24-28-7-5-4-6-8-28/h10-18,36-37,42H,9,19-32H2,1-8H3;4-12,30-31,36H,3,13-26H2,1-2H3,(H,46,47)(H,48,49)/t36?,37-;30?,31-/m00/s1. The molecule has 0 spiro atoms. The molecule has 6 rings (SSSR count). The summed E-state index contributed by atoms with van der Waals surface area (Å²) < 4.78 is 159. The Morgan fingerprint density at radius 1 is 0.381 bits per heavy atom. The van der Waals surface area contributed by atoms with Gasteiger partial charge in [0.15, 0.2) is 13.2 Å². The van der Waals surface area contributed by atoms with Crippen molar-refractivity contribution in [3.05, 3.63) is 131 Å². The Morgan fingerprint density at radius 3 is 0.915 bits per heavy atom. The number of halogens is 8. The van der Waals surface area contributed by atoms with Gasteiger partial charge >= 0.3 is 72.5 Å². The molecule has 2 aliphatic heterocycles. The molecule has 2 heterocycles. The molecule has 0 saturated carbocycles. The lowest BCUT2D eigenvalue weighted by atomic mass is 10.0. The first-order chi connectivity index (χ1) is 55.8. The van der Waals surface area contributed by atoms with Crippen LogP contribution in [0.2, 0.25) is 0 Å². The average Bonchev–Trinajstić information content (AvgIpc) is 0.845. The molecule has 2 fully saturated rings. The number of alkyl halides is 8. The molecule has 0 aromatic heterocycles. The van der Waals surface area contributed by atoms with Crippen LogP contribution < -0.4 is 9.47 Å². The van der Waals surface area contributed by atoms with Gasteiger partial charge in [-0.1, -0.05) is 84.9 Å². The molecule has 4 aromatic carbocycles. The first-order valence-corrected chi connectivity index (χ1v) is 39.0. The van der Waals surface area contributed by atoms with E-state index in [1.807, 2.05) is 80.3 Å². The molecular weight excluding hydrogens is 1570 g/mol. The fourth-order valence-corrected chi connectivity index (χ4v) is 12.6. The number of carbonyl (C=O) groups is 8. The van der Waals surface area contributed by atoms with Gasteiger partial charge in [0.05, 0.1) is 80.0 Å². The Morgan fingerprint density at radius 2 is 0.661 bits per heavy atom. The third kappa shape index (κ3) is 37.7. The Hall–Kier alpha value is -8.72. The number of rotatable bonds is 38. The smallest absolute Gasteiger partial charge is 0.340 e. The van der Waals surface area contributed by atoms with Gasteiger partial charge in [-0.05, 0) is 115 Å². The minimum atomic E-state index is -4.34. The number of carboxylic acids is 2. The molecule has 0 radical (unpaired) electrons. The zero-order chi connectivity index (χ0) is 87.2. The number of methoxy groups -OCH3 is 2. The summed E-state index contributed by atoms with van der Waals surface area (Å²) in [7, 11) is 2.56. The summed E-state index contributed by atoms with van der Waals surface area (Å²) in [5, 5.41) is 19.5. The molecule has 28 nitrogen and oxygen atoms in total.